The number of carbonyl (C=O) groups is 1. The van der Waals surface area contributed by atoms with Crippen LogP contribution < -0.4 is 14.8 Å². The van der Waals surface area contributed by atoms with Crippen molar-refractivity contribution in [3.05, 3.63) is 87.3 Å². The topological polar surface area (TPSA) is 84.5 Å². The Kier molecular flexibility index (Phi) is 7.60. The predicted molar refractivity (Wildman–Crippen MR) is 118 cm³/mol. The molecule has 6 nitrogen and oxygen atoms in total. The molecule has 158 valence electrons. The zero-order valence-electron chi connectivity index (χ0n) is 16.5. The average Bonchev–Trinajstić information content (AvgIpc) is 3.29. The average molecular weight is 457 g/mol. The molecule has 0 bridgehead atoms. The van der Waals surface area contributed by atoms with Crippen LogP contribution in [-0.4, -0.2) is 13.0 Å². The number of carbonyl (C=O) groups excluding carboxylic acids is 1. The van der Waals surface area contributed by atoms with E-state index in [1.807, 2.05) is 6.07 Å². The molecule has 0 radical (unpaired) electrons. The van der Waals surface area contributed by atoms with Crippen molar-refractivity contribution in [2.45, 2.75) is 13.2 Å². The molecular formula is C23H18Cl2N2O4. The van der Waals surface area contributed by atoms with Gasteiger partial charge in [0, 0.05) is 15.6 Å². The number of nitrogens with zero attached hydrogens (tertiary/aromatic N) is 1. The van der Waals surface area contributed by atoms with Crippen LogP contribution in [0.1, 0.15) is 16.9 Å². The van der Waals surface area contributed by atoms with E-state index in [0.29, 0.717) is 32.9 Å². The summed E-state index contributed by atoms with van der Waals surface area (Å²) in [5.41, 5.74) is 1.34. The molecule has 1 aromatic heterocycles. The first-order valence-corrected chi connectivity index (χ1v) is 9.93. The number of nitrogens with one attached hydrogen (secondary N) is 1. The van der Waals surface area contributed by atoms with E-state index in [4.69, 9.17) is 37.1 Å². The molecule has 31 heavy (non-hydrogen) atoms. The Morgan fingerprint density at radius 1 is 1.19 bits per heavy atom. The number of amides is 1. The summed E-state index contributed by atoms with van der Waals surface area (Å²) in [5, 5.41) is 13.1. The predicted octanol–water partition coefficient (Wildman–Crippen LogP) is 5.40. The van der Waals surface area contributed by atoms with E-state index in [1.54, 1.807) is 48.5 Å². The van der Waals surface area contributed by atoms with Crippen LogP contribution in [0.4, 0.5) is 0 Å². The van der Waals surface area contributed by atoms with Crippen molar-refractivity contribution < 1.29 is 18.7 Å². The minimum Gasteiger partial charge on any atom is -0.493 e. The lowest BCUT2D eigenvalue weighted by Crippen LogP contribution is -2.23. The maximum absolute atomic E-state index is 12.3. The second kappa shape index (κ2) is 10.6. The second-order valence-corrected chi connectivity index (χ2v) is 7.21. The minimum absolute atomic E-state index is 0.0461. The van der Waals surface area contributed by atoms with E-state index < -0.39 is 5.91 Å². The van der Waals surface area contributed by atoms with Gasteiger partial charge in [0.15, 0.2) is 11.5 Å². The van der Waals surface area contributed by atoms with E-state index >= 15 is 0 Å². The highest BCUT2D eigenvalue weighted by Gasteiger charge is 2.12. The molecule has 0 saturated carbocycles. The molecule has 0 unspecified atom stereocenters. The van der Waals surface area contributed by atoms with Gasteiger partial charge < -0.3 is 19.2 Å². The van der Waals surface area contributed by atoms with Gasteiger partial charge in [-0.1, -0.05) is 35.3 Å². The second-order valence-electron chi connectivity index (χ2n) is 6.37. The standard InChI is InChI=1S/C23H18Cl2N2O4/c1-29-22-10-15(9-17(12-26)23(28)27-13-19-3-2-8-30-19)4-7-21(22)31-14-16-5-6-18(24)11-20(16)25/h2-11H,13-14H2,1H3,(H,27,28)/b17-9+. The van der Waals surface area contributed by atoms with Gasteiger partial charge in [-0.05, 0) is 48.0 Å². The van der Waals surface area contributed by atoms with E-state index in [0.717, 1.165) is 5.56 Å². The van der Waals surface area contributed by atoms with Crippen LogP contribution in [0.15, 0.2) is 64.8 Å². The molecule has 0 spiro atoms. The van der Waals surface area contributed by atoms with Crippen molar-refractivity contribution in [2.24, 2.45) is 0 Å². The number of benzene rings is 2. The molecule has 0 saturated heterocycles. The van der Waals surface area contributed by atoms with Gasteiger partial charge in [0.05, 0.1) is 19.9 Å². The number of hydrogen-bond acceptors (Lipinski definition) is 5. The Morgan fingerprint density at radius 2 is 2.03 bits per heavy atom. The summed E-state index contributed by atoms with van der Waals surface area (Å²) in [6.45, 7) is 0.411. The Morgan fingerprint density at radius 3 is 2.71 bits per heavy atom. The van der Waals surface area contributed by atoms with Crippen molar-refractivity contribution >= 4 is 35.2 Å². The lowest BCUT2D eigenvalue weighted by atomic mass is 10.1. The van der Waals surface area contributed by atoms with Crippen LogP contribution in [0.2, 0.25) is 10.0 Å². The molecule has 0 atom stereocenters. The first-order chi connectivity index (χ1) is 15.0. The van der Waals surface area contributed by atoms with E-state index in [-0.39, 0.29) is 18.7 Å². The van der Waals surface area contributed by atoms with Crippen molar-refractivity contribution in [3.63, 3.8) is 0 Å². The molecule has 1 heterocycles. The van der Waals surface area contributed by atoms with Crippen LogP contribution in [0.5, 0.6) is 11.5 Å². The highest BCUT2D eigenvalue weighted by molar-refractivity contribution is 6.35. The van der Waals surface area contributed by atoms with Gasteiger partial charge >= 0.3 is 0 Å². The third-order valence-electron chi connectivity index (χ3n) is 4.27. The van der Waals surface area contributed by atoms with Gasteiger partial charge in [-0.2, -0.15) is 5.26 Å². The molecule has 1 N–H and O–H groups in total. The van der Waals surface area contributed by atoms with Gasteiger partial charge in [0.25, 0.3) is 5.91 Å². The minimum atomic E-state index is -0.504. The van der Waals surface area contributed by atoms with Crippen molar-refractivity contribution in [1.82, 2.24) is 5.32 Å². The van der Waals surface area contributed by atoms with E-state index in [1.165, 1.54) is 19.4 Å². The van der Waals surface area contributed by atoms with Crippen molar-refractivity contribution in [2.75, 3.05) is 7.11 Å². The zero-order chi connectivity index (χ0) is 22.2. The number of rotatable bonds is 8. The Balaban J connectivity index is 1.71. The van der Waals surface area contributed by atoms with Crippen molar-refractivity contribution in [1.29, 1.82) is 5.26 Å². The zero-order valence-corrected chi connectivity index (χ0v) is 18.0. The highest BCUT2D eigenvalue weighted by atomic mass is 35.5. The fourth-order valence-corrected chi connectivity index (χ4v) is 3.14. The van der Waals surface area contributed by atoms with Crippen LogP contribution >= 0.6 is 23.2 Å². The molecule has 8 heteroatoms. The van der Waals surface area contributed by atoms with Crippen LogP contribution in [-0.2, 0) is 17.9 Å². The summed E-state index contributed by atoms with van der Waals surface area (Å²) < 4.78 is 16.4. The molecule has 1 amide bonds. The fraction of sp³-hybridized carbons (Fsp3) is 0.130. The first-order valence-electron chi connectivity index (χ1n) is 9.17. The van der Waals surface area contributed by atoms with Crippen LogP contribution in [0.25, 0.3) is 6.08 Å². The van der Waals surface area contributed by atoms with Gasteiger partial charge in [0.2, 0.25) is 0 Å². The van der Waals surface area contributed by atoms with Crippen LogP contribution in [0.3, 0.4) is 0 Å². The molecule has 3 aromatic rings. The fourth-order valence-electron chi connectivity index (χ4n) is 2.68. The largest absolute Gasteiger partial charge is 0.493 e. The molecule has 0 fully saturated rings. The molecule has 0 aliphatic carbocycles. The smallest absolute Gasteiger partial charge is 0.262 e. The monoisotopic (exact) mass is 456 g/mol. The SMILES string of the molecule is COc1cc(/C=C(\C#N)C(=O)NCc2ccco2)ccc1OCc1ccc(Cl)cc1Cl. The van der Waals surface area contributed by atoms with E-state index in [2.05, 4.69) is 5.32 Å². The number of nitriles is 1. The highest BCUT2D eigenvalue weighted by Crippen LogP contribution is 2.31. The van der Waals surface area contributed by atoms with Gasteiger partial charge in [-0.25, -0.2) is 0 Å². The number of halogens is 2. The maximum atomic E-state index is 12.3. The summed E-state index contributed by atoms with van der Waals surface area (Å²) in [4.78, 5) is 12.3. The summed E-state index contributed by atoms with van der Waals surface area (Å²) in [5.74, 6) is 1.03. The maximum Gasteiger partial charge on any atom is 0.262 e. The quantitative estimate of drug-likeness (QED) is 0.362. The number of hydrogen-bond donors (Lipinski definition) is 1. The third-order valence-corrected chi connectivity index (χ3v) is 4.85. The molecule has 0 aliphatic heterocycles. The molecule has 3 rings (SSSR count). The van der Waals surface area contributed by atoms with Gasteiger partial charge in [-0.3, -0.25) is 4.79 Å². The first kappa shape index (κ1) is 22.3. The van der Waals surface area contributed by atoms with Gasteiger partial charge in [-0.15, -0.1) is 0 Å². The number of methoxy groups -OCH3 is 1. The summed E-state index contributed by atoms with van der Waals surface area (Å²) >= 11 is 12.1. The normalized spacial score (nSPS) is 11.0. The Bertz CT molecular complexity index is 1130. The van der Waals surface area contributed by atoms with Crippen LogP contribution in [0, 0.1) is 11.3 Å². The van der Waals surface area contributed by atoms with Crippen molar-refractivity contribution in [3.8, 4) is 17.6 Å². The lowest BCUT2D eigenvalue weighted by molar-refractivity contribution is -0.117. The number of furan rings is 1. The lowest BCUT2D eigenvalue weighted by Gasteiger charge is -2.12. The Labute approximate surface area is 189 Å². The van der Waals surface area contributed by atoms with E-state index in [9.17, 15) is 10.1 Å². The summed E-state index contributed by atoms with van der Waals surface area (Å²) in [6, 6.07) is 15.6. The Hall–Kier alpha value is -3.40. The summed E-state index contributed by atoms with van der Waals surface area (Å²) in [6.07, 6.45) is 2.99. The molecule has 0 aliphatic rings. The summed E-state index contributed by atoms with van der Waals surface area (Å²) in [7, 11) is 1.51. The van der Waals surface area contributed by atoms with Gasteiger partial charge in [0.1, 0.15) is 24.0 Å². The molecule has 2 aromatic carbocycles. The molecular weight excluding hydrogens is 439 g/mol. The third kappa shape index (κ3) is 6.05. The number of ether oxygens (including phenoxy) is 2.